The molecule has 3 aromatic rings. The molecule has 0 saturated heterocycles. The first-order valence-corrected chi connectivity index (χ1v) is 8.62. The lowest BCUT2D eigenvalue weighted by atomic mass is 10.2. The van der Waals surface area contributed by atoms with Crippen LogP contribution in [0.5, 0.6) is 0 Å². The number of nitrogens with one attached hydrogen (secondary N) is 1. The van der Waals surface area contributed by atoms with Gasteiger partial charge in [-0.25, -0.2) is 9.37 Å². The maximum Gasteiger partial charge on any atom is 0.251 e. The van der Waals surface area contributed by atoms with Gasteiger partial charge < -0.3 is 5.32 Å². The Kier molecular flexibility index (Phi) is 5.23. The van der Waals surface area contributed by atoms with Crippen LogP contribution in [0.1, 0.15) is 16.1 Å². The third kappa shape index (κ3) is 4.19. The van der Waals surface area contributed by atoms with E-state index in [0.717, 1.165) is 16.3 Å². The van der Waals surface area contributed by atoms with Gasteiger partial charge >= 0.3 is 0 Å². The summed E-state index contributed by atoms with van der Waals surface area (Å²) >= 11 is 7.26. The van der Waals surface area contributed by atoms with E-state index in [1.54, 1.807) is 30.3 Å². The lowest BCUT2D eigenvalue weighted by Crippen LogP contribution is -2.25. The molecule has 1 aromatic heterocycles. The number of hydrogen-bond acceptors (Lipinski definition) is 3. The highest BCUT2D eigenvalue weighted by molar-refractivity contribution is 7.13. The molecule has 3 nitrogen and oxygen atoms in total. The fourth-order valence-corrected chi connectivity index (χ4v) is 3.16. The molecule has 0 radical (unpaired) electrons. The molecular weight excluding hydrogens is 347 g/mol. The average Bonchev–Trinajstić information content (AvgIpc) is 3.04. The monoisotopic (exact) mass is 360 g/mol. The van der Waals surface area contributed by atoms with Crippen LogP contribution >= 0.6 is 22.9 Å². The van der Waals surface area contributed by atoms with Gasteiger partial charge in [-0.3, -0.25) is 4.79 Å². The van der Waals surface area contributed by atoms with E-state index in [2.05, 4.69) is 10.3 Å². The quantitative estimate of drug-likeness (QED) is 0.723. The number of carbonyl (C=O) groups excluding carboxylic acids is 1. The highest BCUT2D eigenvalue weighted by atomic mass is 35.5. The van der Waals surface area contributed by atoms with Gasteiger partial charge in [0.15, 0.2) is 0 Å². The number of nitrogens with zero attached hydrogens (tertiary/aromatic N) is 1. The van der Waals surface area contributed by atoms with E-state index in [0.29, 0.717) is 23.6 Å². The highest BCUT2D eigenvalue weighted by Crippen LogP contribution is 2.24. The van der Waals surface area contributed by atoms with Gasteiger partial charge in [0.25, 0.3) is 5.91 Å². The zero-order valence-corrected chi connectivity index (χ0v) is 14.2. The number of benzene rings is 2. The van der Waals surface area contributed by atoms with Crippen LogP contribution in [0.3, 0.4) is 0 Å². The molecule has 6 heteroatoms. The van der Waals surface area contributed by atoms with E-state index < -0.39 is 0 Å². The first-order chi connectivity index (χ1) is 11.6. The number of hydrogen-bond donors (Lipinski definition) is 1. The van der Waals surface area contributed by atoms with Crippen LogP contribution in [-0.2, 0) is 6.42 Å². The first-order valence-electron chi connectivity index (χ1n) is 7.36. The van der Waals surface area contributed by atoms with E-state index in [-0.39, 0.29) is 11.7 Å². The lowest BCUT2D eigenvalue weighted by Gasteiger charge is -2.04. The predicted octanol–water partition coefficient (Wildman–Crippen LogP) is 4.58. The van der Waals surface area contributed by atoms with Gasteiger partial charge in [0, 0.05) is 34.5 Å². The summed E-state index contributed by atoms with van der Waals surface area (Å²) in [5.74, 6) is -0.424. The Balaban J connectivity index is 1.56. The van der Waals surface area contributed by atoms with E-state index in [1.807, 2.05) is 11.4 Å². The van der Waals surface area contributed by atoms with Crippen LogP contribution in [0, 0.1) is 5.82 Å². The van der Waals surface area contributed by atoms with Crippen molar-refractivity contribution in [2.75, 3.05) is 6.54 Å². The fourth-order valence-electron chi connectivity index (χ4n) is 2.18. The van der Waals surface area contributed by atoms with Crippen molar-refractivity contribution >= 4 is 28.8 Å². The van der Waals surface area contributed by atoms with Gasteiger partial charge in [-0.1, -0.05) is 23.7 Å². The second-order valence-electron chi connectivity index (χ2n) is 5.17. The molecule has 1 amide bonds. The second kappa shape index (κ2) is 7.55. The van der Waals surface area contributed by atoms with Crippen LogP contribution in [0.2, 0.25) is 5.02 Å². The molecule has 0 saturated carbocycles. The molecule has 1 heterocycles. The van der Waals surface area contributed by atoms with Crippen LogP contribution in [-0.4, -0.2) is 17.4 Å². The molecule has 24 heavy (non-hydrogen) atoms. The van der Waals surface area contributed by atoms with Crippen molar-refractivity contribution in [2.45, 2.75) is 6.42 Å². The van der Waals surface area contributed by atoms with Gasteiger partial charge in [0.1, 0.15) is 10.8 Å². The van der Waals surface area contributed by atoms with Crippen molar-refractivity contribution in [3.63, 3.8) is 0 Å². The van der Waals surface area contributed by atoms with Crippen LogP contribution < -0.4 is 5.32 Å². The van der Waals surface area contributed by atoms with Crippen molar-refractivity contribution in [2.24, 2.45) is 0 Å². The molecule has 0 spiro atoms. The van der Waals surface area contributed by atoms with Gasteiger partial charge in [-0.2, -0.15) is 0 Å². The van der Waals surface area contributed by atoms with Crippen LogP contribution in [0.15, 0.2) is 53.9 Å². The Bertz CT molecular complexity index is 848. The predicted molar refractivity (Wildman–Crippen MR) is 95.0 cm³/mol. The molecule has 0 aliphatic carbocycles. The number of rotatable bonds is 5. The summed E-state index contributed by atoms with van der Waals surface area (Å²) in [6.07, 6.45) is 0.616. The minimum Gasteiger partial charge on any atom is -0.352 e. The van der Waals surface area contributed by atoms with Crippen molar-refractivity contribution < 1.29 is 9.18 Å². The molecule has 0 aliphatic heterocycles. The summed E-state index contributed by atoms with van der Waals surface area (Å²) in [5.41, 5.74) is 2.20. The molecule has 0 fully saturated rings. The third-order valence-electron chi connectivity index (χ3n) is 3.40. The minimum atomic E-state index is -0.278. The Labute approximate surface area is 148 Å². The molecule has 1 N–H and O–H groups in total. The van der Waals surface area contributed by atoms with E-state index >= 15 is 0 Å². The summed E-state index contributed by atoms with van der Waals surface area (Å²) in [5, 5.41) is 6.14. The van der Waals surface area contributed by atoms with Gasteiger partial charge in [0.2, 0.25) is 0 Å². The Morgan fingerprint density at radius 2 is 2.00 bits per heavy atom. The molecular formula is C18H14ClFN2OS. The van der Waals surface area contributed by atoms with Gasteiger partial charge in [-0.15, -0.1) is 11.3 Å². The summed E-state index contributed by atoms with van der Waals surface area (Å²) < 4.78 is 13.3. The maximum absolute atomic E-state index is 13.3. The molecule has 0 bridgehead atoms. The average molecular weight is 361 g/mol. The Morgan fingerprint density at radius 1 is 1.21 bits per heavy atom. The topological polar surface area (TPSA) is 42.0 Å². The Morgan fingerprint density at radius 3 is 2.75 bits per heavy atom. The summed E-state index contributed by atoms with van der Waals surface area (Å²) in [6, 6.07) is 13.1. The highest BCUT2D eigenvalue weighted by Gasteiger charge is 2.08. The Hall–Kier alpha value is -2.24. The maximum atomic E-state index is 13.3. The summed E-state index contributed by atoms with van der Waals surface area (Å²) in [6.45, 7) is 0.480. The van der Waals surface area contributed by atoms with E-state index in [1.165, 1.54) is 23.5 Å². The van der Waals surface area contributed by atoms with Crippen molar-refractivity contribution in [1.82, 2.24) is 10.3 Å². The number of halogens is 2. The van der Waals surface area contributed by atoms with E-state index in [4.69, 9.17) is 11.6 Å². The number of amides is 1. The molecule has 3 rings (SSSR count). The molecule has 2 aromatic carbocycles. The molecule has 0 atom stereocenters. The summed E-state index contributed by atoms with van der Waals surface area (Å²) in [4.78, 5) is 16.5. The number of aromatic nitrogens is 1. The van der Waals surface area contributed by atoms with E-state index in [9.17, 15) is 9.18 Å². The van der Waals surface area contributed by atoms with Crippen LogP contribution in [0.4, 0.5) is 4.39 Å². The zero-order chi connectivity index (χ0) is 16.9. The van der Waals surface area contributed by atoms with Gasteiger partial charge in [0.05, 0.1) is 5.69 Å². The fraction of sp³-hybridized carbons (Fsp3) is 0.111. The number of thiazole rings is 1. The van der Waals surface area contributed by atoms with Crippen molar-refractivity contribution in [3.05, 3.63) is 76.0 Å². The van der Waals surface area contributed by atoms with Crippen molar-refractivity contribution in [1.29, 1.82) is 0 Å². The molecule has 0 unspecified atom stereocenters. The SMILES string of the molecule is O=C(NCCc1csc(-c2cccc(F)c2)n1)c1ccc(Cl)cc1. The lowest BCUT2D eigenvalue weighted by molar-refractivity contribution is 0.0954. The first kappa shape index (κ1) is 16.6. The van der Waals surface area contributed by atoms with Crippen LogP contribution in [0.25, 0.3) is 10.6 Å². The smallest absolute Gasteiger partial charge is 0.251 e. The normalized spacial score (nSPS) is 10.6. The number of carbonyl (C=O) groups is 1. The second-order valence-corrected chi connectivity index (χ2v) is 6.46. The largest absolute Gasteiger partial charge is 0.352 e. The summed E-state index contributed by atoms with van der Waals surface area (Å²) in [7, 11) is 0. The standard InChI is InChI=1S/C18H14ClFN2OS/c19-14-6-4-12(5-7-14)17(23)21-9-8-16-11-24-18(22-16)13-2-1-3-15(20)10-13/h1-7,10-11H,8-9H2,(H,21,23). The van der Waals surface area contributed by atoms with Crippen molar-refractivity contribution in [3.8, 4) is 10.6 Å². The minimum absolute atomic E-state index is 0.146. The zero-order valence-electron chi connectivity index (χ0n) is 12.6. The molecule has 0 aliphatic rings. The third-order valence-corrected chi connectivity index (χ3v) is 4.59. The van der Waals surface area contributed by atoms with Gasteiger partial charge in [-0.05, 0) is 36.4 Å². The molecule has 122 valence electrons.